The summed E-state index contributed by atoms with van der Waals surface area (Å²) in [6.45, 7) is 3.12. The monoisotopic (exact) mass is 250 g/mol. The minimum atomic E-state index is 0.251. The van der Waals surface area contributed by atoms with E-state index in [0.29, 0.717) is 30.7 Å². The van der Waals surface area contributed by atoms with Crippen molar-refractivity contribution < 1.29 is 9.26 Å². The van der Waals surface area contributed by atoms with Gasteiger partial charge >= 0.3 is 6.01 Å². The molecular weight excluding hydrogens is 236 g/mol. The van der Waals surface area contributed by atoms with Crippen molar-refractivity contribution in [2.75, 3.05) is 24.3 Å². The molecule has 18 heavy (non-hydrogen) atoms. The van der Waals surface area contributed by atoms with Crippen LogP contribution in [0.15, 0.2) is 16.8 Å². The Balaban J connectivity index is 2.08. The van der Waals surface area contributed by atoms with Crippen molar-refractivity contribution in [1.82, 2.24) is 20.1 Å². The minimum Gasteiger partial charge on any atom is -0.467 e. The second-order valence-electron chi connectivity index (χ2n) is 3.33. The summed E-state index contributed by atoms with van der Waals surface area (Å²) in [6, 6.07) is 2.01. The van der Waals surface area contributed by atoms with Gasteiger partial charge in [0.25, 0.3) is 0 Å². The van der Waals surface area contributed by atoms with E-state index in [0.717, 1.165) is 0 Å². The van der Waals surface area contributed by atoms with Crippen molar-refractivity contribution >= 4 is 11.9 Å². The van der Waals surface area contributed by atoms with Gasteiger partial charge < -0.3 is 19.9 Å². The number of nitrogens with one attached hydrogen (secondary N) is 2. The fourth-order valence-corrected chi connectivity index (χ4v) is 1.26. The number of methoxy groups -OCH3 is 1. The zero-order valence-corrected chi connectivity index (χ0v) is 10.2. The summed E-state index contributed by atoms with van der Waals surface area (Å²) in [5.41, 5.74) is 0. The van der Waals surface area contributed by atoms with Crippen molar-refractivity contribution in [1.29, 1.82) is 0 Å². The maximum atomic E-state index is 5.00. The molecule has 2 heterocycles. The molecule has 0 aliphatic heterocycles. The summed E-state index contributed by atoms with van der Waals surface area (Å²) < 4.78 is 9.96. The Morgan fingerprint density at radius 3 is 2.61 bits per heavy atom. The molecule has 0 spiro atoms. The fraction of sp³-hybridized carbons (Fsp3) is 0.400. The molecule has 8 nitrogen and oxygen atoms in total. The van der Waals surface area contributed by atoms with Crippen LogP contribution in [0, 0.1) is 0 Å². The summed E-state index contributed by atoms with van der Waals surface area (Å²) in [5.74, 6) is 1.57. The van der Waals surface area contributed by atoms with Gasteiger partial charge in [-0.05, 0) is 6.92 Å². The smallest absolute Gasteiger partial charge is 0.322 e. The predicted molar refractivity (Wildman–Crippen MR) is 64.4 cm³/mol. The van der Waals surface area contributed by atoms with Crippen LogP contribution in [-0.2, 0) is 6.54 Å². The third-order valence-corrected chi connectivity index (χ3v) is 2.04. The first-order chi connectivity index (χ1) is 8.81. The number of ether oxygens (including phenoxy) is 1. The van der Waals surface area contributed by atoms with Crippen molar-refractivity contribution in [3.05, 3.63) is 18.0 Å². The normalized spacial score (nSPS) is 10.1. The highest BCUT2D eigenvalue weighted by Crippen LogP contribution is 2.11. The van der Waals surface area contributed by atoms with Gasteiger partial charge in [-0.1, -0.05) is 5.16 Å². The molecule has 8 heteroatoms. The molecular formula is C10H14N6O2. The molecule has 0 aliphatic carbocycles. The SMILES string of the molecule is CCNc1nc(NCc2ccno2)nc(OC)n1. The van der Waals surface area contributed by atoms with Crippen molar-refractivity contribution in [2.24, 2.45) is 0 Å². The highest BCUT2D eigenvalue weighted by Gasteiger charge is 2.06. The van der Waals surface area contributed by atoms with Gasteiger partial charge in [0.1, 0.15) is 0 Å². The van der Waals surface area contributed by atoms with Crippen LogP contribution in [0.5, 0.6) is 6.01 Å². The Hall–Kier alpha value is -2.38. The standard InChI is InChI=1S/C10H14N6O2/c1-3-11-8-14-9(16-10(15-8)17-2)12-6-7-4-5-13-18-7/h4-5H,3,6H2,1-2H3,(H2,11,12,14,15,16). The number of rotatable bonds is 6. The number of nitrogens with zero attached hydrogens (tertiary/aromatic N) is 4. The average Bonchev–Trinajstić information content (AvgIpc) is 2.89. The van der Waals surface area contributed by atoms with E-state index < -0.39 is 0 Å². The number of anilines is 2. The van der Waals surface area contributed by atoms with Gasteiger partial charge in [-0.15, -0.1) is 0 Å². The zero-order chi connectivity index (χ0) is 12.8. The van der Waals surface area contributed by atoms with E-state index in [-0.39, 0.29) is 6.01 Å². The lowest BCUT2D eigenvalue weighted by Gasteiger charge is -2.07. The summed E-state index contributed by atoms with van der Waals surface area (Å²) in [5, 5.41) is 9.61. The van der Waals surface area contributed by atoms with Crippen LogP contribution in [0.25, 0.3) is 0 Å². The summed E-state index contributed by atoms with van der Waals surface area (Å²) in [6.07, 6.45) is 1.58. The van der Waals surface area contributed by atoms with Gasteiger partial charge in [-0.25, -0.2) is 0 Å². The van der Waals surface area contributed by atoms with E-state index in [1.54, 1.807) is 12.3 Å². The lowest BCUT2D eigenvalue weighted by molar-refractivity contribution is 0.378. The minimum absolute atomic E-state index is 0.251. The van der Waals surface area contributed by atoms with Crippen molar-refractivity contribution in [2.45, 2.75) is 13.5 Å². The third-order valence-electron chi connectivity index (χ3n) is 2.04. The molecule has 0 aliphatic rings. The molecule has 2 N–H and O–H groups in total. The highest BCUT2D eigenvalue weighted by atomic mass is 16.5. The molecule has 96 valence electrons. The van der Waals surface area contributed by atoms with Crippen molar-refractivity contribution in [3.63, 3.8) is 0 Å². The molecule has 0 aromatic carbocycles. The van der Waals surface area contributed by atoms with Gasteiger partial charge in [0.15, 0.2) is 5.76 Å². The van der Waals surface area contributed by atoms with Gasteiger partial charge in [-0.2, -0.15) is 15.0 Å². The number of aromatic nitrogens is 4. The molecule has 0 saturated heterocycles. The quantitative estimate of drug-likeness (QED) is 0.780. The number of hydrogen-bond acceptors (Lipinski definition) is 8. The second kappa shape index (κ2) is 5.80. The van der Waals surface area contributed by atoms with Crippen LogP contribution in [0.3, 0.4) is 0 Å². The lowest BCUT2D eigenvalue weighted by Crippen LogP contribution is -2.09. The van der Waals surface area contributed by atoms with Gasteiger partial charge in [0.2, 0.25) is 11.9 Å². The van der Waals surface area contributed by atoms with Gasteiger partial charge in [0, 0.05) is 12.6 Å². The topological polar surface area (TPSA) is 98.0 Å². The average molecular weight is 250 g/mol. The maximum absolute atomic E-state index is 5.00. The van der Waals surface area contributed by atoms with Crippen molar-refractivity contribution in [3.8, 4) is 6.01 Å². The summed E-state index contributed by atoms with van der Waals surface area (Å²) in [7, 11) is 1.51. The maximum Gasteiger partial charge on any atom is 0.322 e. The molecule has 2 aromatic heterocycles. The Morgan fingerprint density at radius 2 is 2.00 bits per heavy atom. The molecule has 0 radical (unpaired) electrons. The first kappa shape index (κ1) is 12.1. The lowest BCUT2D eigenvalue weighted by atomic mass is 10.4. The van der Waals surface area contributed by atoms with Crippen LogP contribution in [0.1, 0.15) is 12.7 Å². The van der Waals surface area contributed by atoms with E-state index in [2.05, 4.69) is 30.7 Å². The first-order valence-corrected chi connectivity index (χ1v) is 5.49. The highest BCUT2D eigenvalue weighted by molar-refractivity contribution is 5.35. The summed E-state index contributed by atoms with van der Waals surface area (Å²) in [4.78, 5) is 12.3. The van der Waals surface area contributed by atoms with Gasteiger partial charge in [-0.3, -0.25) is 0 Å². The Labute approximate surface area is 104 Å². The Morgan fingerprint density at radius 1 is 1.22 bits per heavy atom. The second-order valence-corrected chi connectivity index (χ2v) is 3.33. The van der Waals surface area contributed by atoms with Crippen LogP contribution in [0.4, 0.5) is 11.9 Å². The molecule has 0 fully saturated rings. The molecule has 0 saturated carbocycles. The molecule has 0 unspecified atom stereocenters. The Kier molecular flexibility index (Phi) is 3.90. The largest absolute Gasteiger partial charge is 0.467 e. The van der Waals surface area contributed by atoms with E-state index in [1.807, 2.05) is 6.92 Å². The predicted octanol–water partition coefficient (Wildman–Crippen LogP) is 0.912. The van der Waals surface area contributed by atoms with E-state index >= 15 is 0 Å². The molecule has 2 rings (SSSR count). The van der Waals surface area contributed by atoms with E-state index in [4.69, 9.17) is 9.26 Å². The Bertz CT molecular complexity index is 487. The fourth-order valence-electron chi connectivity index (χ4n) is 1.26. The number of hydrogen-bond donors (Lipinski definition) is 2. The van der Waals surface area contributed by atoms with Crippen LogP contribution in [0.2, 0.25) is 0 Å². The zero-order valence-electron chi connectivity index (χ0n) is 10.2. The van der Waals surface area contributed by atoms with Crippen LogP contribution >= 0.6 is 0 Å². The molecule has 0 atom stereocenters. The summed E-state index contributed by atoms with van der Waals surface area (Å²) >= 11 is 0. The van der Waals surface area contributed by atoms with E-state index in [1.165, 1.54) is 7.11 Å². The van der Waals surface area contributed by atoms with E-state index in [9.17, 15) is 0 Å². The third kappa shape index (κ3) is 3.06. The molecule has 0 amide bonds. The van der Waals surface area contributed by atoms with Crippen LogP contribution in [-0.4, -0.2) is 33.8 Å². The first-order valence-electron chi connectivity index (χ1n) is 5.49. The molecule has 0 bridgehead atoms. The molecule has 2 aromatic rings. The van der Waals surface area contributed by atoms with Gasteiger partial charge in [0.05, 0.1) is 19.9 Å². The van der Waals surface area contributed by atoms with Crippen LogP contribution < -0.4 is 15.4 Å².